The Labute approximate surface area is 174 Å². The fourth-order valence-corrected chi connectivity index (χ4v) is 5.19. The van der Waals surface area contributed by atoms with Crippen LogP contribution in [0.5, 0.6) is 0 Å². The van der Waals surface area contributed by atoms with Crippen LogP contribution in [0.1, 0.15) is 49.0 Å². The zero-order valence-corrected chi connectivity index (χ0v) is 17.3. The van der Waals surface area contributed by atoms with Crippen LogP contribution in [0.2, 0.25) is 0 Å². The molecule has 3 aromatic rings. The summed E-state index contributed by atoms with van der Waals surface area (Å²) in [6, 6.07) is 31.8. The Morgan fingerprint density at radius 1 is 0.828 bits per heavy atom. The lowest BCUT2D eigenvalue weighted by molar-refractivity contribution is -0.0920. The van der Waals surface area contributed by atoms with Crippen molar-refractivity contribution in [3.63, 3.8) is 0 Å². The Hall–Kier alpha value is -2.42. The molecular weight excluding hydrogens is 354 g/mol. The molecule has 0 radical (unpaired) electrons. The number of hydrogen-bond donors (Lipinski definition) is 2. The molecule has 1 heterocycles. The summed E-state index contributed by atoms with van der Waals surface area (Å²) in [5.41, 5.74) is 2.89. The zero-order chi connectivity index (χ0) is 20.3. The van der Waals surface area contributed by atoms with Crippen molar-refractivity contribution >= 4 is 0 Å². The van der Waals surface area contributed by atoms with Gasteiger partial charge in [0, 0.05) is 24.4 Å². The maximum Gasteiger partial charge on any atom is 0.0754 e. The molecule has 1 saturated heterocycles. The highest BCUT2D eigenvalue weighted by Gasteiger charge is 2.49. The van der Waals surface area contributed by atoms with Gasteiger partial charge >= 0.3 is 0 Å². The van der Waals surface area contributed by atoms with E-state index >= 15 is 0 Å². The molecule has 29 heavy (non-hydrogen) atoms. The Bertz CT molecular complexity index is 894. The van der Waals surface area contributed by atoms with Gasteiger partial charge in [-0.05, 0) is 29.0 Å². The Kier molecular flexibility index (Phi) is 5.84. The summed E-state index contributed by atoms with van der Waals surface area (Å²) in [6.07, 6.45) is 1.38. The van der Waals surface area contributed by atoms with Crippen molar-refractivity contribution in [1.82, 2.24) is 5.32 Å². The molecule has 2 N–H and O–H groups in total. The number of nitrogens with one attached hydrogen (secondary N) is 1. The van der Waals surface area contributed by atoms with E-state index in [9.17, 15) is 5.11 Å². The van der Waals surface area contributed by atoms with E-state index in [1.807, 2.05) is 12.1 Å². The summed E-state index contributed by atoms with van der Waals surface area (Å²) in [4.78, 5) is 0. The maximum absolute atomic E-state index is 12.2. The molecule has 2 nitrogen and oxygen atoms in total. The summed E-state index contributed by atoms with van der Waals surface area (Å²) < 4.78 is 0. The third-order valence-electron chi connectivity index (χ3n) is 6.35. The van der Waals surface area contributed by atoms with Crippen LogP contribution in [0.15, 0.2) is 91.0 Å². The average molecular weight is 386 g/mol. The molecule has 0 spiro atoms. The first kappa shape index (κ1) is 19.9. The van der Waals surface area contributed by atoms with Gasteiger partial charge in [0.15, 0.2) is 0 Å². The fraction of sp³-hybridized carbons (Fsp3) is 0.333. The van der Waals surface area contributed by atoms with Gasteiger partial charge in [-0.25, -0.2) is 0 Å². The van der Waals surface area contributed by atoms with E-state index in [0.29, 0.717) is 18.8 Å². The number of aliphatic hydroxyl groups is 1. The minimum atomic E-state index is -0.790. The molecule has 0 amide bonds. The zero-order valence-electron chi connectivity index (χ0n) is 17.3. The van der Waals surface area contributed by atoms with Gasteiger partial charge in [0.05, 0.1) is 5.60 Å². The van der Waals surface area contributed by atoms with E-state index in [1.54, 1.807) is 0 Å². The Morgan fingerprint density at radius 3 is 1.90 bits per heavy atom. The van der Waals surface area contributed by atoms with Crippen molar-refractivity contribution in [2.45, 2.75) is 44.4 Å². The van der Waals surface area contributed by atoms with Gasteiger partial charge in [-0.2, -0.15) is 0 Å². The summed E-state index contributed by atoms with van der Waals surface area (Å²) in [5, 5.41) is 16.1. The van der Waals surface area contributed by atoms with Crippen LogP contribution in [-0.4, -0.2) is 10.7 Å². The van der Waals surface area contributed by atoms with E-state index in [0.717, 1.165) is 0 Å². The van der Waals surface area contributed by atoms with Gasteiger partial charge in [0.2, 0.25) is 0 Å². The number of benzene rings is 3. The summed E-state index contributed by atoms with van der Waals surface area (Å²) in [7, 11) is 0. The Balaban J connectivity index is 1.77. The molecule has 1 fully saturated rings. The maximum atomic E-state index is 12.2. The van der Waals surface area contributed by atoms with Crippen molar-refractivity contribution in [1.29, 1.82) is 0 Å². The largest absolute Gasteiger partial charge is 0.389 e. The first-order chi connectivity index (χ1) is 14.1. The third kappa shape index (κ3) is 4.29. The van der Waals surface area contributed by atoms with E-state index in [1.165, 1.54) is 16.7 Å². The number of hydrogen-bond acceptors (Lipinski definition) is 2. The molecule has 150 valence electrons. The van der Waals surface area contributed by atoms with Crippen LogP contribution in [0.3, 0.4) is 0 Å². The molecular formula is C27H31NO. The molecule has 0 aliphatic carbocycles. The van der Waals surface area contributed by atoms with Gasteiger partial charge in [0.25, 0.3) is 0 Å². The highest BCUT2D eigenvalue weighted by atomic mass is 16.3. The monoisotopic (exact) mass is 385 g/mol. The molecule has 3 aromatic carbocycles. The average Bonchev–Trinajstić information content (AvgIpc) is 2.74. The lowest BCUT2D eigenvalue weighted by Gasteiger charge is -2.51. The summed E-state index contributed by atoms with van der Waals surface area (Å²) >= 11 is 0. The van der Waals surface area contributed by atoms with Gasteiger partial charge in [0.1, 0.15) is 0 Å². The predicted octanol–water partition coefficient (Wildman–Crippen LogP) is 5.71. The summed E-state index contributed by atoms with van der Waals surface area (Å²) in [6.45, 7) is 4.47. The van der Waals surface area contributed by atoms with Crippen molar-refractivity contribution in [3.05, 3.63) is 108 Å². The van der Waals surface area contributed by atoms with Crippen LogP contribution in [0.4, 0.5) is 0 Å². The van der Waals surface area contributed by atoms with Gasteiger partial charge in [-0.3, -0.25) is 0 Å². The third-order valence-corrected chi connectivity index (χ3v) is 6.35. The normalized spacial score (nSPS) is 27.1. The molecule has 0 bridgehead atoms. The number of piperidine rings is 1. The van der Waals surface area contributed by atoms with E-state index in [2.05, 4.69) is 98.0 Å². The van der Waals surface area contributed by atoms with Crippen molar-refractivity contribution in [2.75, 3.05) is 0 Å². The highest BCUT2D eigenvalue weighted by molar-refractivity contribution is 5.29. The molecule has 2 heteroatoms. The quantitative estimate of drug-likeness (QED) is 0.590. The van der Waals surface area contributed by atoms with Crippen LogP contribution < -0.4 is 5.32 Å². The predicted molar refractivity (Wildman–Crippen MR) is 120 cm³/mol. The van der Waals surface area contributed by atoms with Gasteiger partial charge in [-0.1, -0.05) is 105 Å². The fourth-order valence-electron chi connectivity index (χ4n) is 5.19. The first-order valence-corrected chi connectivity index (χ1v) is 10.7. The van der Waals surface area contributed by atoms with Crippen LogP contribution in [0.25, 0.3) is 0 Å². The second-order valence-corrected chi connectivity index (χ2v) is 8.76. The van der Waals surface area contributed by atoms with Crippen molar-refractivity contribution in [2.24, 2.45) is 11.8 Å². The van der Waals surface area contributed by atoms with Crippen LogP contribution in [-0.2, 0) is 6.42 Å². The van der Waals surface area contributed by atoms with Gasteiger partial charge < -0.3 is 10.4 Å². The van der Waals surface area contributed by atoms with Crippen LogP contribution in [0, 0.1) is 11.8 Å². The SMILES string of the molecule is CC(C)[C@H]1[C@@H](c2ccccc2)N[C@@H](c2ccccc2)C[C@@]1(O)Cc1ccccc1. The van der Waals surface area contributed by atoms with E-state index < -0.39 is 5.60 Å². The van der Waals surface area contributed by atoms with Crippen molar-refractivity contribution in [3.8, 4) is 0 Å². The van der Waals surface area contributed by atoms with E-state index in [-0.39, 0.29) is 18.0 Å². The second kappa shape index (κ2) is 8.52. The first-order valence-electron chi connectivity index (χ1n) is 10.7. The van der Waals surface area contributed by atoms with Crippen molar-refractivity contribution < 1.29 is 5.11 Å². The second-order valence-electron chi connectivity index (χ2n) is 8.76. The van der Waals surface area contributed by atoms with Gasteiger partial charge in [-0.15, -0.1) is 0 Å². The topological polar surface area (TPSA) is 32.3 Å². The highest BCUT2D eigenvalue weighted by Crippen LogP contribution is 2.47. The molecule has 1 aliphatic rings. The number of rotatable bonds is 5. The van der Waals surface area contributed by atoms with Crippen LogP contribution >= 0.6 is 0 Å². The molecule has 1 aliphatic heterocycles. The molecule has 0 aromatic heterocycles. The minimum Gasteiger partial charge on any atom is -0.389 e. The lowest BCUT2D eigenvalue weighted by atomic mass is 9.64. The summed E-state index contributed by atoms with van der Waals surface area (Å²) in [5.74, 6) is 0.461. The standard InChI is InChI=1S/C27H31NO/c1-20(2)25-26(23-16-10-5-11-17-23)28-24(22-14-8-4-9-15-22)19-27(25,29)18-21-12-6-3-7-13-21/h3-17,20,24-26,28-29H,18-19H2,1-2H3/t24-,25+,26-,27+/m1/s1. The minimum absolute atomic E-state index is 0.101. The van der Waals surface area contributed by atoms with E-state index in [4.69, 9.17) is 0 Å². The molecule has 4 atom stereocenters. The molecule has 0 unspecified atom stereocenters. The molecule has 4 rings (SSSR count). The Morgan fingerprint density at radius 2 is 1.34 bits per heavy atom. The smallest absolute Gasteiger partial charge is 0.0754 e. The lowest BCUT2D eigenvalue weighted by Crippen LogP contribution is -2.56. The molecule has 0 saturated carbocycles.